The number of aryl methyl sites for hydroxylation is 1. The summed E-state index contributed by atoms with van der Waals surface area (Å²) in [6.45, 7) is 2.92. The second-order valence-corrected chi connectivity index (χ2v) is 13.4. The number of halogens is 3. The smallest absolute Gasteiger partial charge is 0.264 e. The van der Waals surface area contributed by atoms with Crippen molar-refractivity contribution in [2.75, 3.05) is 10.8 Å². The number of amides is 2. The van der Waals surface area contributed by atoms with Crippen LogP contribution in [0.1, 0.15) is 43.7 Å². The van der Waals surface area contributed by atoms with Gasteiger partial charge >= 0.3 is 0 Å². The Labute approximate surface area is 256 Å². The molecule has 1 atom stereocenters. The molecule has 0 aromatic heterocycles. The molecule has 3 aromatic rings. The molecule has 0 heterocycles. The number of anilines is 1. The maximum absolute atomic E-state index is 14.0. The van der Waals surface area contributed by atoms with Gasteiger partial charge in [0, 0.05) is 27.7 Å². The average Bonchev–Trinajstić information content (AvgIpc) is 3.44. The first-order valence-corrected chi connectivity index (χ1v) is 15.9. The Balaban J connectivity index is 1.70. The van der Waals surface area contributed by atoms with Crippen LogP contribution in [0.25, 0.3) is 0 Å². The lowest BCUT2D eigenvalue weighted by molar-refractivity contribution is -0.139. The Morgan fingerprint density at radius 1 is 0.927 bits per heavy atom. The van der Waals surface area contributed by atoms with Crippen LogP contribution < -0.4 is 9.62 Å². The van der Waals surface area contributed by atoms with E-state index in [0.29, 0.717) is 20.6 Å². The predicted octanol–water partition coefficient (Wildman–Crippen LogP) is 6.63. The number of benzene rings is 3. The largest absolute Gasteiger partial charge is 0.352 e. The van der Waals surface area contributed by atoms with Gasteiger partial charge in [0.1, 0.15) is 12.6 Å². The number of carbonyl (C=O) groups is 2. The van der Waals surface area contributed by atoms with E-state index in [2.05, 4.69) is 5.32 Å². The Hall–Kier alpha value is -2.78. The number of carbonyl (C=O) groups excluding carboxylic acids is 2. The summed E-state index contributed by atoms with van der Waals surface area (Å²) in [7, 11) is -4.16. The zero-order chi connectivity index (χ0) is 29.7. The molecular weight excluding hydrogens is 605 g/mol. The second-order valence-electron chi connectivity index (χ2n) is 10.2. The minimum atomic E-state index is -4.16. The zero-order valence-electron chi connectivity index (χ0n) is 22.8. The van der Waals surface area contributed by atoms with Crippen LogP contribution in [0, 0.1) is 6.92 Å². The number of nitrogens with zero attached hydrogens (tertiary/aromatic N) is 2. The van der Waals surface area contributed by atoms with Crippen molar-refractivity contribution in [1.82, 2.24) is 10.2 Å². The summed E-state index contributed by atoms with van der Waals surface area (Å²) >= 11 is 18.6. The molecule has 3 aromatic carbocycles. The topological polar surface area (TPSA) is 86.8 Å². The van der Waals surface area contributed by atoms with E-state index in [1.54, 1.807) is 49.4 Å². The Morgan fingerprint density at radius 2 is 1.54 bits per heavy atom. The van der Waals surface area contributed by atoms with Crippen molar-refractivity contribution in [1.29, 1.82) is 0 Å². The quantitative estimate of drug-likeness (QED) is 0.271. The Morgan fingerprint density at radius 3 is 2.15 bits per heavy atom. The van der Waals surface area contributed by atoms with Gasteiger partial charge in [-0.3, -0.25) is 13.9 Å². The monoisotopic (exact) mass is 635 g/mol. The third-order valence-electron chi connectivity index (χ3n) is 7.23. The van der Waals surface area contributed by atoms with Gasteiger partial charge in [-0.05, 0) is 80.8 Å². The van der Waals surface area contributed by atoms with Crippen LogP contribution in [-0.2, 0) is 26.2 Å². The first-order chi connectivity index (χ1) is 19.5. The molecule has 1 saturated carbocycles. The summed E-state index contributed by atoms with van der Waals surface area (Å²) in [5, 5.41) is 4.23. The second kappa shape index (κ2) is 13.5. The molecule has 0 bridgehead atoms. The molecule has 0 aliphatic heterocycles. The van der Waals surface area contributed by atoms with Gasteiger partial charge in [-0.25, -0.2) is 8.42 Å². The van der Waals surface area contributed by atoms with Crippen LogP contribution in [0.15, 0.2) is 71.6 Å². The van der Waals surface area contributed by atoms with Crippen LogP contribution in [0.4, 0.5) is 5.69 Å². The highest BCUT2D eigenvalue weighted by Crippen LogP contribution is 2.28. The molecule has 1 N–H and O–H groups in total. The van der Waals surface area contributed by atoms with E-state index < -0.39 is 28.5 Å². The third-order valence-corrected chi connectivity index (χ3v) is 9.85. The van der Waals surface area contributed by atoms with Crippen LogP contribution in [-0.4, -0.2) is 43.8 Å². The lowest BCUT2D eigenvalue weighted by Gasteiger charge is -2.32. The minimum absolute atomic E-state index is 0.0207. The molecule has 2 amide bonds. The number of rotatable bonds is 10. The Kier molecular flexibility index (Phi) is 10.2. The van der Waals surface area contributed by atoms with Gasteiger partial charge in [0.2, 0.25) is 11.8 Å². The van der Waals surface area contributed by atoms with Crippen molar-refractivity contribution in [2.45, 2.75) is 63.1 Å². The van der Waals surface area contributed by atoms with Gasteiger partial charge in [0.05, 0.1) is 10.6 Å². The van der Waals surface area contributed by atoms with Crippen molar-refractivity contribution in [2.24, 2.45) is 0 Å². The van der Waals surface area contributed by atoms with Crippen molar-refractivity contribution < 1.29 is 18.0 Å². The lowest BCUT2D eigenvalue weighted by Crippen LogP contribution is -2.52. The molecule has 11 heteroatoms. The number of sulfonamides is 1. The fourth-order valence-corrected chi connectivity index (χ4v) is 6.79. The molecule has 1 aliphatic rings. The maximum Gasteiger partial charge on any atom is 0.264 e. The van der Waals surface area contributed by atoms with E-state index in [1.807, 2.05) is 6.92 Å². The maximum atomic E-state index is 14.0. The van der Waals surface area contributed by atoms with Crippen molar-refractivity contribution in [3.63, 3.8) is 0 Å². The van der Waals surface area contributed by atoms with E-state index in [9.17, 15) is 18.0 Å². The first kappa shape index (κ1) is 31.2. The van der Waals surface area contributed by atoms with E-state index in [4.69, 9.17) is 34.8 Å². The molecule has 0 unspecified atom stereocenters. The van der Waals surface area contributed by atoms with Gasteiger partial charge in [-0.15, -0.1) is 0 Å². The summed E-state index contributed by atoms with van der Waals surface area (Å²) < 4.78 is 28.8. The van der Waals surface area contributed by atoms with Gasteiger partial charge in [0.15, 0.2) is 0 Å². The summed E-state index contributed by atoms with van der Waals surface area (Å²) in [6.07, 6.45) is 3.84. The molecular formula is C30H32Cl3N3O4S. The highest BCUT2D eigenvalue weighted by atomic mass is 35.5. The molecule has 0 spiro atoms. The summed E-state index contributed by atoms with van der Waals surface area (Å²) in [5.41, 5.74) is 1.73. The fraction of sp³-hybridized carbons (Fsp3) is 0.333. The minimum Gasteiger partial charge on any atom is -0.352 e. The van der Waals surface area contributed by atoms with E-state index in [0.717, 1.165) is 35.6 Å². The summed E-state index contributed by atoms with van der Waals surface area (Å²) in [5.74, 6) is -0.884. The normalized spacial score (nSPS) is 14.5. The average molecular weight is 637 g/mol. The van der Waals surface area contributed by atoms with E-state index >= 15 is 0 Å². The molecule has 0 saturated heterocycles. The van der Waals surface area contributed by atoms with Gasteiger partial charge < -0.3 is 10.2 Å². The summed E-state index contributed by atoms with van der Waals surface area (Å²) in [6, 6.07) is 16.6. The molecule has 1 aliphatic carbocycles. The van der Waals surface area contributed by atoms with Gasteiger partial charge in [-0.1, -0.05) is 71.4 Å². The number of hydrogen-bond donors (Lipinski definition) is 1. The Bertz CT molecular complexity index is 1490. The van der Waals surface area contributed by atoms with Crippen LogP contribution in [0.3, 0.4) is 0 Å². The molecule has 0 radical (unpaired) electrons. The van der Waals surface area contributed by atoms with Crippen LogP contribution in [0.5, 0.6) is 0 Å². The number of nitrogens with one attached hydrogen (secondary N) is 1. The molecule has 1 fully saturated rings. The van der Waals surface area contributed by atoms with Crippen molar-refractivity contribution in [3.05, 3.63) is 92.9 Å². The van der Waals surface area contributed by atoms with Crippen LogP contribution >= 0.6 is 34.8 Å². The first-order valence-electron chi connectivity index (χ1n) is 13.3. The molecule has 7 nitrogen and oxygen atoms in total. The van der Waals surface area contributed by atoms with Gasteiger partial charge in [0.25, 0.3) is 10.0 Å². The standard InChI is InChI=1S/C30H32Cl3N3O4S/c1-20-7-15-27(16-8-20)41(39,40)36(26-13-11-23(31)12-14-26)19-29(37)35(18-22-9-10-24(32)17-28(22)33)21(2)30(38)34-25-5-3-4-6-25/h7-17,21,25H,3-6,18-19H2,1-2H3,(H,34,38)/t21-/m0/s1. The zero-order valence-corrected chi connectivity index (χ0v) is 25.9. The summed E-state index contributed by atoms with van der Waals surface area (Å²) in [4.78, 5) is 28.7. The predicted molar refractivity (Wildman–Crippen MR) is 164 cm³/mol. The molecule has 4 rings (SSSR count). The molecule has 218 valence electrons. The van der Waals surface area contributed by atoms with E-state index in [-0.39, 0.29) is 29.1 Å². The molecule has 41 heavy (non-hydrogen) atoms. The highest BCUT2D eigenvalue weighted by Gasteiger charge is 2.33. The van der Waals surface area contributed by atoms with Crippen LogP contribution in [0.2, 0.25) is 15.1 Å². The van der Waals surface area contributed by atoms with Gasteiger partial charge in [-0.2, -0.15) is 0 Å². The lowest BCUT2D eigenvalue weighted by atomic mass is 10.1. The SMILES string of the molecule is Cc1ccc(S(=O)(=O)N(CC(=O)N(Cc2ccc(Cl)cc2Cl)[C@@H](C)C(=O)NC2CCCC2)c2ccc(Cl)cc2)cc1. The van der Waals surface area contributed by atoms with Crippen molar-refractivity contribution in [3.8, 4) is 0 Å². The van der Waals surface area contributed by atoms with Crippen molar-refractivity contribution >= 4 is 62.3 Å². The van der Waals surface area contributed by atoms with E-state index in [1.165, 1.54) is 29.2 Å². The fourth-order valence-electron chi connectivity index (χ4n) is 4.78. The highest BCUT2D eigenvalue weighted by molar-refractivity contribution is 7.92. The third kappa shape index (κ3) is 7.74. The number of hydrogen-bond acceptors (Lipinski definition) is 4.